The van der Waals surface area contributed by atoms with Gasteiger partial charge in [0.15, 0.2) is 0 Å². The van der Waals surface area contributed by atoms with Crippen molar-refractivity contribution in [1.29, 1.82) is 0 Å². The molecule has 0 aliphatic carbocycles. The third-order valence-corrected chi connectivity index (χ3v) is 2.89. The van der Waals surface area contributed by atoms with E-state index < -0.39 is 6.10 Å². The van der Waals surface area contributed by atoms with E-state index in [2.05, 4.69) is 17.2 Å². The quantitative estimate of drug-likeness (QED) is 0.763. The zero-order valence-corrected chi connectivity index (χ0v) is 11.3. The third-order valence-electron chi connectivity index (χ3n) is 2.89. The van der Waals surface area contributed by atoms with E-state index in [-0.39, 0.29) is 18.2 Å². The molecule has 102 valence electrons. The van der Waals surface area contributed by atoms with Crippen LogP contribution in [0, 0.1) is 11.8 Å². The number of nitrogens with zero attached hydrogens (tertiary/aromatic N) is 2. The predicted octanol–water partition coefficient (Wildman–Crippen LogP) is 1.04. The number of imidazole rings is 1. The van der Waals surface area contributed by atoms with Gasteiger partial charge in [0.05, 0.1) is 18.9 Å². The Morgan fingerprint density at radius 2 is 2.17 bits per heavy atom. The van der Waals surface area contributed by atoms with E-state index in [0.29, 0.717) is 12.5 Å². The molecule has 0 bridgehead atoms. The maximum atomic E-state index is 11.6. The summed E-state index contributed by atoms with van der Waals surface area (Å²) in [4.78, 5) is 15.5. The molecule has 2 unspecified atom stereocenters. The summed E-state index contributed by atoms with van der Waals surface area (Å²) in [7, 11) is 0. The van der Waals surface area contributed by atoms with Crippen molar-refractivity contribution in [3.05, 3.63) is 18.7 Å². The number of carbonyl (C=O) groups excluding carboxylic acids is 1. The van der Waals surface area contributed by atoms with Crippen molar-refractivity contribution < 1.29 is 9.90 Å². The van der Waals surface area contributed by atoms with Crippen molar-refractivity contribution >= 4 is 5.91 Å². The zero-order chi connectivity index (χ0) is 13.5. The van der Waals surface area contributed by atoms with E-state index in [9.17, 15) is 9.90 Å². The fourth-order valence-corrected chi connectivity index (χ4v) is 1.61. The summed E-state index contributed by atoms with van der Waals surface area (Å²) in [5, 5.41) is 12.4. The van der Waals surface area contributed by atoms with Crippen LogP contribution in [-0.2, 0) is 11.3 Å². The molecular weight excluding hydrogens is 230 g/mol. The molecule has 1 aromatic heterocycles. The largest absolute Gasteiger partial charge is 0.392 e. The lowest BCUT2D eigenvalue weighted by atomic mass is 10.0. The standard InChI is InChI=1S/C13H23N3O2/c1-10(2)12(17)6-13(18)15-7-11(3)8-16-5-4-14-9-16/h4-5,9-12,17H,6-8H2,1-3H3,(H,15,18). The second-order valence-corrected chi connectivity index (χ2v) is 5.18. The number of hydrogen-bond acceptors (Lipinski definition) is 3. The van der Waals surface area contributed by atoms with Crippen LogP contribution in [0.1, 0.15) is 27.2 Å². The minimum Gasteiger partial charge on any atom is -0.392 e. The van der Waals surface area contributed by atoms with Gasteiger partial charge in [-0.1, -0.05) is 20.8 Å². The number of hydrogen-bond donors (Lipinski definition) is 2. The number of rotatable bonds is 7. The van der Waals surface area contributed by atoms with Crippen molar-refractivity contribution in [1.82, 2.24) is 14.9 Å². The van der Waals surface area contributed by atoms with Gasteiger partial charge in [-0.2, -0.15) is 0 Å². The molecule has 1 amide bonds. The van der Waals surface area contributed by atoms with Gasteiger partial charge >= 0.3 is 0 Å². The van der Waals surface area contributed by atoms with Gasteiger partial charge in [0, 0.05) is 25.5 Å². The van der Waals surface area contributed by atoms with Gasteiger partial charge in [-0.05, 0) is 11.8 Å². The van der Waals surface area contributed by atoms with E-state index in [1.54, 1.807) is 12.5 Å². The molecule has 2 N–H and O–H groups in total. The normalized spacial score (nSPS) is 14.5. The Bertz CT molecular complexity index is 349. The fraction of sp³-hybridized carbons (Fsp3) is 0.692. The minimum absolute atomic E-state index is 0.0892. The van der Waals surface area contributed by atoms with Crippen LogP contribution in [-0.4, -0.2) is 33.2 Å². The number of nitrogens with one attached hydrogen (secondary N) is 1. The second kappa shape index (κ2) is 7.16. The van der Waals surface area contributed by atoms with E-state index in [1.807, 2.05) is 24.6 Å². The summed E-state index contributed by atoms with van der Waals surface area (Å²) in [5.41, 5.74) is 0. The Hall–Kier alpha value is -1.36. The average Bonchev–Trinajstić information content (AvgIpc) is 2.79. The van der Waals surface area contributed by atoms with E-state index in [1.165, 1.54) is 0 Å². The first-order valence-corrected chi connectivity index (χ1v) is 6.39. The fourth-order valence-electron chi connectivity index (χ4n) is 1.61. The van der Waals surface area contributed by atoms with Crippen molar-refractivity contribution in [3.8, 4) is 0 Å². The van der Waals surface area contributed by atoms with Crippen LogP contribution in [0.4, 0.5) is 0 Å². The number of aliphatic hydroxyl groups excluding tert-OH is 1. The lowest BCUT2D eigenvalue weighted by Gasteiger charge is -2.16. The molecule has 0 aliphatic rings. The van der Waals surface area contributed by atoms with Crippen LogP contribution in [0.3, 0.4) is 0 Å². The predicted molar refractivity (Wildman–Crippen MR) is 69.9 cm³/mol. The topological polar surface area (TPSA) is 67.2 Å². The molecule has 0 saturated heterocycles. The highest BCUT2D eigenvalue weighted by Gasteiger charge is 2.14. The molecule has 0 spiro atoms. The molecule has 5 heteroatoms. The van der Waals surface area contributed by atoms with Crippen LogP contribution in [0.25, 0.3) is 0 Å². The summed E-state index contributed by atoms with van der Waals surface area (Å²) in [6.45, 7) is 7.31. The highest BCUT2D eigenvalue weighted by Crippen LogP contribution is 2.05. The molecule has 0 saturated carbocycles. The van der Waals surface area contributed by atoms with E-state index in [4.69, 9.17) is 0 Å². The molecule has 18 heavy (non-hydrogen) atoms. The number of aliphatic hydroxyl groups is 1. The van der Waals surface area contributed by atoms with Crippen molar-refractivity contribution in [3.63, 3.8) is 0 Å². The summed E-state index contributed by atoms with van der Waals surface area (Å²) < 4.78 is 1.99. The first kappa shape index (κ1) is 14.7. The van der Waals surface area contributed by atoms with Gasteiger partial charge < -0.3 is 15.0 Å². The van der Waals surface area contributed by atoms with Gasteiger partial charge in [0.25, 0.3) is 0 Å². The van der Waals surface area contributed by atoms with Crippen molar-refractivity contribution in [2.45, 2.75) is 39.8 Å². The van der Waals surface area contributed by atoms with E-state index in [0.717, 1.165) is 6.54 Å². The second-order valence-electron chi connectivity index (χ2n) is 5.18. The molecule has 1 heterocycles. The van der Waals surface area contributed by atoms with Gasteiger partial charge in [-0.15, -0.1) is 0 Å². The maximum absolute atomic E-state index is 11.6. The molecule has 0 radical (unpaired) electrons. The van der Waals surface area contributed by atoms with Crippen molar-refractivity contribution in [2.24, 2.45) is 11.8 Å². The van der Waals surface area contributed by atoms with Crippen LogP contribution < -0.4 is 5.32 Å². The molecule has 0 aliphatic heterocycles. The zero-order valence-electron chi connectivity index (χ0n) is 11.3. The van der Waals surface area contributed by atoms with Gasteiger partial charge in [-0.25, -0.2) is 4.98 Å². The van der Waals surface area contributed by atoms with Crippen LogP contribution in [0.5, 0.6) is 0 Å². The summed E-state index contributed by atoms with van der Waals surface area (Å²) in [5.74, 6) is 0.354. The number of aromatic nitrogens is 2. The van der Waals surface area contributed by atoms with Gasteiger partial charge in [-0.3, -0.25) is 4.79 Å². The number of carbonyl (C=O) groups is 1. The lowest BCUT2D eigenvalue weighted by molar-refractivity contribution is -0.123. The Kier molecular flexibility index (Phi) is 5.85. The minimum atomic E-state index is -0.561. The molecular formula is C13H23N3O2. The van der Waals surface area contributed by atoms with Gasteiger partial charge in [0.1, 0.15) is 0 Å². The third kappa shape index (κ3) is 5.31. The Balaban J connectivity index is 2.21. The van der Waals surface area contributed by atoms with Crippen molar-refractivity contribution in [2.75, 3.05) is 6.54 Å². The highest BCUT2D eigenvalue weighted by molar-refractivity contribution is 5.76. The SMILES string of the molecule is CC(CNC(=O)CC(O)C(C)C)Cn1ccnc1. The first-order valence-electron chi connectivity index (χ1n) is 6.39. The Morgan fingerprint density at radius 3 is 2.72 bits per heavy atom. The van der Waals surface area contributed by atoms with Crippen LogP contribution in [0.2, 0.25) is 0 Å². The molecule has 5 nitrogen and oxygen atoms in total. The number of amides is 1. The monoisotopic (exact) mass is 253 g/mol. The Morgan fingerprint density at radius 1 is 1.44 bits per heavy atom. The molecule has 1 rings (SSSR count). The van der Waals surface area contributed by atoms with Crippen LogP contribution >= 0.6 is 0 Å². The smallest absolute Gasteiger partial charge is 0.222 e. The maximum Gasteiger partial charge on any atom is 0.222 e. The van der Waals surface area contributed by atoms with E-state index >= 15 is 0 Å². The average molecular weight is 253 g/mol. The Labute approximate surface area is 108 Å². The molecule has 0 fully saturated rings. The first-order chi connectivity index (χ1) is 8.49. The molecule has 1 aromatic rings. The molecule has 2 atom stereocenters. The highest BCUT2D eigenvalue weighted by atomic mass is 16.3. The molecule has 0 aromatic carbocycles. The summed E-state index contributed by atoms with van der Waals surface area (Å²) in [6.07, 6.45) is 5.02. The summed E-state index contributed by atoms with van der Waals surface area (Å²) in [6, 6.07) is 0. The van der Waals surface area contributed by atoms with Crippen LogP contribution in [0.15, 0.2) is 18.7 Å². The summed E-state index contributed by atoms with van der Waals surface area (Å²) >= 11 is 0. The lowest BCUT2D eigenvalue weighted by Crippen LogP contribution is -2.33. The van der Waals surface area contributed by atoms with Gasteiger partial charge in [0.2, 0.25) is 5.91 Å².